The largest absolute Gasteiger partial charge is 0.445 e. The molecular formula is C102H169N11O19. The van der Waals surface area contributed by atoms with E-state index in [1.807, 2.05) is 162 Å². The smallest absolute Gasteiger partial charge is 0.410 e. The zero-order valence-electron chi connectivity index (χ0n) is 83.6. The molecule has 10 N–H and O–H groups in total. The molecule has 2 heterocycles. The number of likely N-dealkylation sites (tertiary alicyclic amines) is 2. The molecule has 3 aromatic carbocycles. The van der Waals surface area contributed by atoms with Gasteiger partial charge in [0.1, 0.15) is 24.2 Å². The Labute approximate surface area is 789 Å². The van der Waals surface area contributed by atoms with Crippen molar-refractivity contribution in [3.63, 3.8) is 0 Å². The third-order valence-corrected chi connectivity index (χ3v) is 27.4. The Hall–Kier alpha value is -8.62. The molecule has 2 fully saturated rings. The highest BCUT2D eigenvalue weighted by Crippen LogP contribution is 2.37. The molecule has 30 heteroatoms. The van der Waals surface area contributed by atoms with E-state index in [1.165, 1.54) is 19.1 Å². The molecule has 0 aliphatic carbocycles. The predicted octanol–water partition coefficient (Wildman–Crippen LogP) is 13.0. The van der Waals surface area contributed by atoms with Crippen LogP contribution in [-0.4, -0.2) is 254 Å². The summed E-state index contributed by atoms with van der Waals surface area (Å²) in [5, 5.41) is 33.0. The molecule has 2 aliphatic heterocycles. The maximum Gasteiger partial charge on any atom is 0.410 e. The van der Waals surface area contributed by atoms with Crippen LogP contribution in [0, 0.1) is 76.9 Å². The molecule has 0 bridgehead atoms. The summed E-state index contributed by atoms with van der Waals surface area (Å²) in [5.74, 6) is -5.83. The van der Waals surface area contributed by atoms with Crippen LogP contribution in [-0.2, 0) is 78.2 Å². The van der Waals surface area contributed by atoms with Gasteiger partial charge in [0.2, 0.25) is 35.4 Å². The van der Waals surface area contributed by atoms with E-state index in [4.69, 9.17) is 35.2 Å². The van der Waals surface area contributed by atoms with Gasteiger partial charge in [0, 0.05) is 124 Å². The van der Waals surface area contributed by atoms with E-state index in [9.17, 15) is 67.7 Å². The minimum Gasteiger partial charge on any atom is -0.445 e. The van der Waals surface area contributed by atoms with Crippen molar-refractivity contribution in [1.29, 1.82) is 0 Å². The Morgan fingerprint density at radius 1 is 0.500 bits per heavy atom. The lowest BCUT2D eigenvalue weighted by molar-refractivity contribution is -0.149. The number of nitrogens with one attached hydrogen (secondary N) is 4. The van der Waals surface area contributed by atoms with E-state index in [2.05, 4.69) is 35.1 Å². The first-order chi connectivity index (χ1) is 61.7. The minimum absolute atomic E-state index is 0. The molecule has 0 aromatic heterocycles. The summed E-state index contributed by atoms with van der Waals surface area (Å²) < 4.78 is 29.8. The fourth-order valence-corrected chi connectivity index (χ4v) is 18.8. The van der Waals surface area contributed by atoms with Gasteiger partial charge in [-0.3, -0.25) is 47.9 Å². The van der Waals surface area contributed by atoms with Crippen LogP contribution < -0.4 is 32.7 Å². The van der Waals surface area contributed by atoms with Crippen LogP contribution in [0.25, 0.3) is 0 Å². The standard InChI is InChI=1S/C60H96N8O12.C41H69N3O7.CH4/c1-15-38(8)53(49(78-13)33-50(71)68-30-20-24-46(68)55(79-14)40(10)47(69)31-39(9)54(72)42-21-17-16-18-22-42)66(11)58(75)44(35(2)3)32-48(70)52(37(6)7)67(12)60(77)80-34-41-25-27-43(28-26-41)64-56(73)45(23-19-29-63-59(62)76)65-57(74)51(61)36(4)5;1-13-27(6)38(43(10)41(49)31(25(2)3)23-34(46)37(42-9)26(4)5)35(50-11)24-36(47)44-21-17-20-32(44)40(51-12)29(8)33(45)22-28(7)39(48)30-18-15-14-16-19-30;/h16-18,21-22,25-28,35-40,44-46,49,51-55,72H,15,19-20,23-24,29-34,61H2,1-14H3,(H,64,73)(H,65,74)(H3,62,63,76);14-16,18-19,25-29,31-32,35,37-40,42,48H,13,17,20-24H2,1-12H3;1H4/t38-,39-,40-,44-,45-,46-,49+,51-,52-,53-,54+,55+;27-,28-,29-,31-,32-,35+,37-,38-,39+,40+;/m00./s1. The van der Waals surface area contributed by atoms with Gasteiger partial charge < -0.3 is 91.1 Å². The highest BCUT2D eigenvalue weighted by Gasteiger charge is 2.47. The van der Waals surface area contributed by atoms with E-state index in [1.54, 1.807) is 95.3 Å². The van der Waals surface area contributed by atoms with Crippen LogP contribution in [0.1, 0.15) is 251 Å². The third-order valence-electron chi connectivity index (χ3n) is 27.4. The van der Waals surface area contributed by atoms with Gasteiger partial charge in [-0.1, -0.05) is 218 Å². The number of nitrogens with zero attached hydrogens (tertiary/aromatic N) is 5. The number of rotatable bonds is 55. The topological polar surface area (TPSA) is 408 Å². The number of primary amides is 1. The summed E-state index contributed by atoms with van der Waals surface area (Å²) in [6.45, 7) is 35.5. The number of aliphatic hydroxyl groups excluding tert-OH is 2. The molecule has 2 aliphatic rings. The van der Waals surface area contributed by atoms with Crippen molar-refractivity contribution in [2.24, 2.45) is 88.4 Å². The van der Waals surface area contributed by atoms with E-state index >= 15 is 0 Å². The number of methoxy groups -OCH3 is 4. The average Bonchev–Trinajstić information content (AvgIpc) is 1.46. The van der Waals surface area contributed by atoms with Gasteiger partial charge in [0.05, 0.1) is 91.8 Å². The van der Waals surface area contributed by atoms with Crippen LogP contribution in [0.15, 0.2) is 84.9 Å². The number of nitrogens with two attached hydrogens (primary N) is 2. The maximum absolute atomic E-state index is 14.8. The van der Waals surface area contributed by atoms with Crippen LogP contribution in [0.5, 0.6) is 0 Å². The molecule has 0 radical (unpaired) electrons. The molecule has 0 unspecified atom stereocenters. The lowest BCUT2D eigenvalue weighted by Crippen LogP contribution is -2.54. The van der Waals surface area contributed by atoms with Crippen molar-refractivity contribution in [3.05, 3.63) is 102 Å². The predicted molar refractivity (Wildman–Crippen MR) is 516 cm³/mol. The fourth-order valence-electron chi connectivity index (χ4n) is 18.8. The number of anilines is 1. The first-order valence-corrected chi connectivity index (χ1v) is 47.6. The lowest BCUT2D eigenvalue weighted by atomic mass is 9.83. The molecule has 0 saturated carbocycles. The number of carbonyl (C=O) groups is 12. The number of carbonyl (C=O) groups excluding carboxylic acids is 12. The Morgan fingerprint density at radius 3 is 1.27 bits per heavy atom. The summed E-state index contributed by atoms with van der Waals surface area (Å²) in [5.41, 5.74) is 13.7. The number of amides is 9. The minimum atomic E-state index is -0.958. The van der Waals surface area contributed by atoms with Crippen LogP contribution in [0.4, 0.5) is 15.3 Å². The van der Waals surface area contributed by atoms with Crippen molar-refractivity contribution < 1.29 is 91.4 Å². The SMILES string of the molecule is C.CC[C@H](C)[C@@H]([C@@H](CC(=O)N1CCC[C@H]1[C@H](OC)[C@@H](C)C(=O)C[C@H](C)[C@@H](O)c1ccccc1)OC)N(C)C(=O)[C@@H](CC(=O)[C@@H](NC)C(C)C)C(C)C.CC[C@H](C)[C@@H]([C@@H](CC(=O)N1CCC[C@H]1[C@H](OC)[C@@H](C)C(=O)C[C@H](C)[C@@H](O)c1ccccc1)OC)N(C)C(=O)[C@@H](CC(=O)[C@H](C(C)C)N(C)C(=O)OCc1ccc(NC(=O)[C@H](CCCNC(N)=O)NC(=O)[C@@H](N)C(C)C)cc1)C(C)C. The second-order valence-corrected chi connectivity index (χ2v) is 38.5. The number of hydrogen-bond donors (Lipinski definition) is 8. The van der Waals surface area contributed by atoms with Gasteiger partial charge in [-0.2, -0.15) is 0 Å². The number of likely N-dealkylation sites (N-methyl/N-ethyl adjacent to an activating group) is 4. The monoisotopic (exact) mass is 1850 g/mol. The Kier molecular flexibility index (Phi) is 51.6. The summed E-state index contributed by atoms with van der Waals surface area (Å²) in [7, 11) is 13.0. The molecule has 2 saturated heterocycles. The quantitative estimate of drug-likeness (QED) is 0.0243. The van der Waals surface area contributed by atoms with Gasteiger partial charge in [0.25, 0.3) is 0 Å². The lowest BCUT2D eigenvalue weighted by Gasteiger charge is -2.41. The number of aliphatic hydroxyl groups is 2. The molecule has 746 valence electrons. The zero-order chi connectivity index (χ0) is 98.7. The third kappa shape index (κ3) is 34.0. The number of urea groups is 1. The van der Waals surface area contributed by atoms with E-state index in [0.717, 1.165) is 30.4 Å². The van der Waals surface area contributed by atoms with Gasteiger partial charge in [-0.05, 0) is 128 Å². The summed E-state index contributed by atoms with van der Waals surface area (Å²) in [4.78, 5) is 172. The van der Waals surface area contributed by atoms with E-state index < -0.39 is 114 Å². The highest BCUT2D eigenvalue weighted by atomic mass is 16.6. The Morgan fingerprint density at radius 2 is 0.917 bits per heavy atom. The normalized spacial score (nSPS) is 18.6. The molecule has 9 amide bonds. The molecule has 30 nitrogen and oxygen atoms in total. The number of ketones is 4. The molecule has 132 heavy (non-hydrogen) atoms. The second kappa shape index (κ2) is 58.0. The fraction of sp³-hybridized carbons (Fsp3) is 0.706. The molecule has 3 aromatic rings. The number of ether oxygens (including phenoxy) is 5. The average molecular weight is 1850 g/mol. The zero-order valence-corrected chi connectivity index (χ0v) is 83.6. The van der Waals surface area contributed by atoms with Gasteiger partial charge in [-0.15, -0.1) is 0 Å². The van der Waals surface area contributed by atoms with Crippen molar-refractivity contribution in [2.45, 2.75) is 314 Å². The first kappa shape index (κ1) is 118. The summed E-state index contributed by atoms with van der Waals surface area (Å²) >= 11 is 0. The Balaban J connectivity index is 0.000000743. The molecule has 0 spiro atoms. The summed E-state index contributed by atoms with van der Waals surface area (Å²) in [6.07, 6.45) is 0.484. The summed E-state index contributed by atoms with van der Waals surface area (Å²) in [6, 6.07) is 19.8. The molecule has 5 rings (SSSR count). The maximum atomic E-state index is 14.8. The highest BCUT2D eigenvalue weighted by molar-refractivity contribution is 5.98. The molecule has 22 atom stereocenters. The second-order valence-electron chi connectivity index (χ2n) is 38.5. The molecular weight excluding hydrogens is 1680 g/mol. The number of Topliss-reactive ketones (excluding diaryl/α,β-unsaturated/α-hetero) is 4. The van der Waals surface area contributed by atoms with Crippen molar-refractivity contribution in [2.75, 3.05) is 81.6 Å². The van der Waals surface area contributed by atoms with Crippen molar-refractivity contribution in [3.8, 4) is 0 Å². The van der Waals surface area contributed by atoms with E-state index in [-0.39, 0.29) is 184 Å². The van der Waals surface area contributed by atoms with Gasteiger partial charge in [0.15, 0.2) is 11.6 Å². The van der Waals surface area contributed by atoms with Crippen LogP contribution >= 0.6 is 0 Å². The Bertz CT molecular complexity index is 4040. The first-order valence-electron chi connectivity index (χ1n) is 47.6. The van der Waals surface area contributed by atoms with Crippen molar-refractivity contribution >= 4 is 76.4 Å². The van der Waals surface area contributed by atoms with Crippen LogP contribution in [0.2, 0.25) is 0 Å². The van der Waals surface area contributed by atoms with Crippen LogP contribution in [0.3, 0.4) is 0 Å². The number of benzene rings is 3. The van der Waals surface area contributed by atoms with Gasteiger partial charge >= 0.3 is 12.1 Å². The van der Waals surface area contributed by atoms with Gasteiger partial charge in [-0.25, -0.2) is 9.59 Å². The number of hydrogen-bond acceptors (Lipinski definition) is 21. The van der Waals surface area contributed by atoms with Crippen molar-refractivity contribution in [1.82, 2.24) is 40.4 Å². The van der Waals surface area contributed by atoms with E-state index in [0.29, 0.717) is 50.0 Å².